The van der Waals surface area contributed by atoms with Crippen LogP contribution in [0.25, 0.3) is 10.2 Å². The highest BCUT2D eigenvalue weighted by atomic mass is 32.2. The molecule has 2 aromatic heterocycles. The Morgan fingerprint density at radius 2 is 1.76 bits per heavy atom. The van der Waals surface area contributed by atoms with Crippen LogP contribution in [0.15, 0.2) is 54.9 Å². The van der Waals surface area contributed by atoms with Crippen molar-refractivity contribution >= 4 is 49.2 Å². The van der Waals surface area contributed by atoms with Gasteiger partial charge in [-0.15, -0.1) is 11.3 Å². The van der Waals surface area contributed by atoms with Crippen molar-refractivity contribution in [3.8, 4) is 6.01 Å². The zero-order chi connectivity index (χ0) is 27.3. The quantitative estimate of drug-likeness (QED) is 0.289. The topological polar surface area (TPSA) is 160 Å². The Kier molecular flexibility index (Phi) is 8.29. The lowest BCUT2D eigenvalue weighted by molar-refractivity contribution is 0.0949. The Balaban J connectivity index is 0.000000617. The van der Waals surface area contributed by atoms with Gasteiger partial charge in [0.1, 0.15) is 11.6 Å². The third kappa shape index (κ3) is 8.03. The molecule has 3 N–H and O–H groups in total. The predicted octanol–water partition coefficient (Wildman–Crippen LogP) is 3.62. The highest BCUT2D eigenvalue weighted by Crippen LogP contribution is 2.23. The number of nitrogens with zero attached hydrogens (tertiary/aromatic N) is 3. The number of ether oxygens (including phenoxy) is 1. The molecule has 1 aliphatic carbocycles. The number of hydrogen-bond donors (Lipinski definition) is 3. The van der Waals surface area contributed by atoms with Gasteiger partial charge in [-0.25, -0.2) is 15.0 Å². The van der Waals surface area contributed by atoms with Gasteiger partial charge in [-0.2, -0.15) is 8.42 Å². The van der Waals surface area contributed by atoms with Crippen LogP contribution >= 0.6 is 11.3 Å². The van der Waals surface area contributed by atoms with E-state index in [0.717, 1.165) is 33.6 Å². The number of carbonyl (C=O) groups is 2. The van der Waals surface area contributed by atoms with Crippen molar-refractivity contribution < 1.29 is 27.3 Å². The van der Waals surface area contributed by atoms with E-state index in [1.807, 2.05) is 37.3 Å². The van der Waals surface area contributed by atoms with Gasteiger partial charge in [0.05, 0.1) is 22.0 Å². The van der Waals surface area contributed by atoms with E-state index in [4.69, 9.17) is 9.29 Å². The van der Waals surface area contributed by atoms with E-state index in [1.165, 1.54) is 12.4 Å². The molecule has 2 amide bonds. The molecular formula is C25H25N5O6S2. The molecule has 0 atom stereocenters. The lowest BCUT2D eigenvalue weighted by atomic mass is 10.1. The van der Waals surface area contributed by atoms with Crippen molar-refractivity contribution in [2.24, 2.45) is 0 Å². The van der Waals surface area contributed by atoms with E-state index >= 15 is 0 Å². The zero-order valence-electron chi connectivity index (χ0n) is 20.5. The molecule has 2 heterocycles. The summed E-state index contributed by atoms with van der Waals surface area (Å²) in [6.45, 7) is 2.12. The van der Waals surface area contributed by atoms with Gasteiger partial charge in [0.15, 0.2) is 0 Å². The first-order chi connectivity index (χ1) is 18.0. The van der Waals surface area contributed by atoms with E-state index < -0.39 is 10.1 Å². The summed E-state index contributed by atoms with van der Waals surface area (Å²) < 4.78 is 32.6. The van der Waals surface area contributed by atoms with Gasteiger partial charge in [-0.3, -0.25) is 14.1 Å². The number of anilines is 1. The molecule has 0 unspecified atom stereocenters. The summed E-state index contributed by atoms with van der Waals surface area (Å²) >= 11 is 1.55. The second-order valence-electron chi connectivity index (χ2n) is 8.58. The normalized spacial score (nSPS) is 12.8. The van der Waals surface area contributed by atoms with Crippen LogP contribution in [-0.4, -0.2) is 52.0 Å². The third-order valence-electron chi connectivity index (χ3n) is 5.21. The highest BCUT2D eigenvalue weighted by molar-refractivity contribution is 7.85. The third-order valence-corrected chi connectivity index (χ3v) is 6.22. The summed E-state index contributed by atoms with van der Waals surface area (Å²) in [6, 6.07) is 13.6. The summed E-state index contributed by atoms with van der Waals surface area (Å²) in [7, 11) is -3.67. The monoisotopic (exact) mass is 555 g/mol. The lowest BCUT2D eigenvalue weighted by Gasteiger charge is -2.11. The van der Waals surface area contributed by atoms with Gasteiger partial charge >= 0.3 is 6.01 Å². The molecule has 0 aliphatic heterocycles. The smallest absolute Gasteiger partial charge is 0.316 e. The molecule has 4 aromatic rings. The highest BCUT2D eigenvalue weighted by Gasteiger charge is 2.24. The number of amides is 2. The van der Waals surface area contributed by atoms with Crippen LogP contribution in [0.4, 0.5) is 5.69 Å². The Labute approximate surface area is 223 Å². The van der Waals surface area contributed by atoms with Crippen LogP contribution in [0.5, 0.6) is 6.01 Å². The minimum Gasteiger partial charge on any atom is -0.456 e. The molecule has 38 heavy (non-hydrogen) atoms. The largest absolute Gasteiger partial charge is 0.456 e. The summed E-state index contributed by atoms with van der Waals surface area (Å²) in [6.07, 6.45) is 5.57. The number of thiazole rings is 1. The van der Waals surface area contributed by atoms with Gasteiger partial charge in [-0.05, 0) is 49.6 Å². The molecule has 0 bridgehead atoms. The Bertz CT molecular complexity index is 1530. The standard InChI is InChI=1S/C24H21N5O3S.CH4O3S/c1-14-6-7-15(22(30)27-17-8-9-17)10-19(14)29-23(31)16-11-25-24(26-12-16)32-13-21-28-18-4-2-3-5-20(18)33-21;1-5(2,3)4/h2-7,10-12,17H,8-9,13H2,1H3,(H,27,30)(H,29,31);1H3,(H,2,3,4). The molecule has 198 valence electrons. The molecule has 11 nitrogen and oxygen atoms in total. The van der Waals surface area contributed by atoms with Crippen molar-refractivity contribution in [3.63, 3.8) is 0 Å². The molecule has 2 aromatic carbocycles. The molecule has 1 fully saturated rings. The number of fused-ring (bicyclic) bond motifs is 1. The first-order valence-electron chi connectivity index (χ1n) is 11.5. The van der Waals surface area contributed by atoms with Crippen molar-refractivity contribution in [1.82, 2.24) is 20.3 Å². The van der Waals surface area contributed by atoms with Gasteiger partial charge in [-0.1, -0.05) is 18.2 Å². The van der Waals surface area contributed by atoms with Gasteiger partial charge in [0, 0.05) is 29.7 Å². The number of nitrogens with one attached hydrogen (secondary N) is 2. The first-order valence-corrected chi connectivity index (χ1v) is 14.2. The number of aromatic nitrogens is 3. The number of para-hydroxylation sites is 1. The van der Waals surface area contributed by atoms with Crippen LogP contribution in [0, 0.1) is 6.92 Å². The van der Waals surface area contributed by atoms with Crippen LogP contribution in [0.3, 0.4) is 0 Å². The van der Waals surface area contributed by atoms with Crippen molar-refractivity contribution in [2.45, 2.75) is 32.4 Å². The maximum absolute atomic E-state index is 12.7. The number of benzene rings is 2. The maximum atomic E-state index is 12.7. The Morgan fingerprint density at radius 1 is 1.08 bits per heavy atom. The van der Waals surface area contributed by atoms with Crippen molar-refractivity contribution in [2.75, 3.05) is 11.6 Å². The fraction of sp³-hybridized carbons (Fsp3) is 0.240. The van der Waals surface area contributed by atoms with Gasteiger partial charge in [0.25, 0.3) is 21.9 Å². The average Bonchev–Trinajstić information content (AvgIpc) is 3.58. The summed E-state index contributed by atoms with van der Waals surface area (Å²) in [5.41, 5.74) is 3.15. The number of rotatable bonds is 7. The van der Waals surface area contributed by atoms with Crippen LogP contribution in [0.2, 0.25) is 0 Å². The first kappa shape index (κ1) is 27.1. The van der Waals surface area contributed by atoms with Crippen molar-refractivity contribution in [3.05, 3.63) is 76.6 Å². The van der Waals surface area contributed by atoms with E-state index in [9.17, 15) is 18.0 Å². The minimum atomic E-state index is -3.67. The average molecular weight is 556 g/mol. The summed E-state index contributed by atoms with van der Waals surface area (Å²) in [5.74, 6) is -0.499. The molecule has 0 saturated heterocycles. The molecule has 0 spiro atoms. The van der Waals surface area contributed by atoms with E-state index in [-0.39, 0.29) is 36.0 Å². The minimum absolute atomic E-state index is 0.133. The fourth-order valence-electron chi connectivity index (χ4n) is 3.20. The molecule has 1 saturated carbocycles. The lowest BCUT2D eigenvalue weighted by Crippen LogP contribution is -2.25. The Hall–Kier alpha value is -3.94. The van der Waals surface area contributed by atoms with E-state index in [0.29, 0.717) is 17.5 Å². The zero-order valence-corrected chi connectivity index (χ0v) is 22.2. The maximum Gasteiger partial charge on any atom is 0.316 e. The number of carbonyl (C=O) groups excluding carboxylic acids is 2. The SMILES string of the molecule is CS(=O)(=O)O.Cc1ccc(C(=O)NC2CC2)cc1NC(=O)c1cnc(OCc2nc3ccccc3s2)nc1. The van der Waals surface area contributed by atoms with E-state index in [2.05, 4.69) is 25.6 Å². The van der Waals surface area contributed by atoms with Crippen LogP contribution < -0.4 is 15.4 Å². The van der Waals surface area contributed by atoms with Gasteiger partial charge in [0.2, 0.25) is 0 Å². The van der Waals surface area contributed by atoms with Crippen LogP contribution in [-0.2, 0) is 16.7 Å². The predicted molar refractivity (Wildman–Crippen MR) is 143 cm³/mol. The van der Waals surface area contributed by atoms with Crippen LogP contribution in [0.1, 0.15) is 44.1 Å². The fourth-order valence-corrected chi connectivity index (χ4v) is 4.09. The molecule has 13 heteroatoms. The number of hydrogen-bond acceptors (Lipinski definition) is 9. The summed E-state index contributed by atoms with van der Waals surface area (Å²) in [4.78, 5) is 37.8. The number of aryl methyl sites for hydroxylation is 1. The molecule has 0 radical (unpaired) electrons. The van der Waals surface area contributed by atoms with Gasteiger partial charge < -0.3 is 15.4 Å². The Morgan fingerprint density at radius 3 is 2.42 bits per heavy atom. The summed E-state index contributed by atoms with van der Waals surface area (Å²) in [5, 5.41) is 6.61. The van der Waals surface area contributed by atoms with Crippen molar-refractivity contribution in [1.29, 1.82) is 0 Å². The second kappa shape index (κ2) is 11.6. The molecule has 5 rings (SSSR count). The second-order valence-corrected chi connectivity index (χ2v) is 11.2. The molecular weight excluding hydrogens is 530 g/mol. The van der Waals surface area contributed by atoms with E-state index in [1.54, 1.807) is 23.5 Å². The molecule has 1 aliphatic rings.